The Morgan fingerprint density at radius 3 is 2.78 bits per heavy atom. The summed E-state index contributed by atoms with van der Waals surface area (Å²) >= 11 is 0. The molecule has 0 N–H and O–H groups in total. The van der Waals surface area contributed by atoms with Crippen LogP contribution in [0.1, 0.15) is 41.9 Å². The summed E-state index contributed by atoms with van der Waals surface area (Å²) in [5, 5.41) is 0. The Morgan fingerprint density at radius 1 is 1.22 bits per heavy atom. The Hall–Kier alpha value is -2.95. The second-order valence-electron chi connectivity index (χ2n) is 7.14. The van der Waals surface area contributed by atoms with Crippen LogP contribution in [0, 0.1) is 6.92 Å². The van der Waals surface area contributed by atoms with E-state index >= 15 is 0 Å². The monoisotopic (exact) mass is 361 g/mol. The summed E-state index contributed by atoms with van der Waals surface area (Å²) < 4.78 is 1.70. The highest BCUT2D eigenvalue weighted by Gasteiger charge is 2.29. The van der Waals surface area contributed by atoms with Gasteiger partial charge in [-0.1, -0.05) is 18.2 Å². The maximum atomic E-state index is 13.4. The standard InChI is InChI=1S/C22H23N3O2/c1-4-24-20-12-11-17(13-18(20)23-15(3)21(24)26)22(27)25-14(2)9-10-16-7-5-6-8-19(16)25/h5-8,11-14H,4,9-10H2,1-3H3/t14-/m1/s1. The summed E-state index contributed by atoms with van der Waals surface area (Å²) in [6.45, 7) is 6.31. The van der Waals surface area contributed by atoms with Crippen LogP contribution in [-0.4, -0.2) is 21.5 Å². The van der Waals surface area contributed by atoms with E-state index in [0.717, 1.165) is 24.0 Å². The predicted octanol–water partition coefficient (Wildman–Crippen LogP) is 3.71. The SMILES string of the molecule is CCn1c(=O)c(C)nc2cc(C(=O)N3c4ccccc4CC[C@H]3C)ccc21. The molecule has 138 valence electrons. The van der Waals surface area contributed by atoms with Gasteiger partial charge in [-0.3, -0.25) is 9.59 Å². The molecule has 0 fully saturated rings. The Morgan fingerprint density at radius 2 is 2.00 bits per heavy atom. The van der Waals surface area contributed by atoms with Gasteiger partial charge in [0, 0.05) is 23.8 Å². The summed E-state index contributed by atoms with van der Waals surface area (Å²) in [6, 6.07) is 13.7. The van der Waals surface area contributed by atoms with Gasteiger partial charge < -0.3 is 9.47 Å². The van der Waals surface area contributed by atoms with Crippen molar-refractivity contribution in [1.29, 1.82) is 0 Å². The first-order valence-corrected chi connectivity index (χ1v) is 9.44. The van der Waals surface area contributed by atoms with Crippen LogP contribution in [-0.2, 0) is 13.0 Å². The fourth-order valence-corrected chi connectivity index (χ4v) is 3.96. The van der Waals surface area contributed by atoms with Crippen molar-refractivity contribution in [3.63, 3.8) is 0 Å². The molecule has 0 saturated carbocycles. The van der Waals surface area contributed by atoms with E-state index in [1.165, 1.54) is 5.56 Å². The second kappa shape index (κ2) is 6.65. The van der Waals surface area contributed by atoms with Crippen LogP contribution < -0.4 is 10.5 Å². The van der Waals surface area contributed by atoms with Crippen molar-refractivity contribution < 1.29 is 4.79 Å². The van der Waals surface area contributed by atoms with Gasteiger partial charge >= 0.3 is 0 Å². The minimum absolute atomic E-state index is 0.0229. The molecule has 5 heteroatoms. The molecule has 0 unspecified atom stereocenters. The first-order valence-electron chi connectivity index (χ1n) is 9.44. The van der Waals surface area contributed by atoms with Crippen molar-refractivity contribution in [3.8, 4) is 0 Å². The molecule has 1 aliphatic heterocycles. The van der Waals surface area contributed by atoms with E-state index in [0.29, 0.717) is 23.3 Å². The van der Waals surface area contributed by atoms with Crippen molar-refractivity contribution in [2.45, 2.75) is 46.2 Å². The zero-order chi connectivity index (χ0) is 19.1. The average Bonchev–Trinajstić information content (AvgIpc) is 2.68. The molecule has 2 aromatic carbocycles. The van der Waals surface area contributed by atoms with Gasteiger partial charge in [0.1, 0.15) is 5.69 Å². The molecule has 27 heavy (non-hydrogen) atoms. The molecule has 0 spiro atoms. The molecule has 5 nitrogen and oxygen atoms in total. The van der Waals surface area contributed by atoms with E-state index in [1.807, 2.05) is 36.1 Å². The highest BCUT2D eigenvalue weighted by atomic mass is 16.2. The van der Waals surface area contributed by atoms with Gasteiger partial charge in [-0.25, -0.2) is 4.98 Å². The number of hydrogen-bond donors (Lipinski definition) is 0. The van der Waals surface area contributed by atoms with Crippen LogP contribution in [0.15, 0.2) is 47.3 Å². The van der Waals surface area contributed by atoms with Crippen LogP contribution in [0.4, 0.5) is 5.69 Å². The summed E-state index contributed by atoms with van der Waals surface area (Å²) in [5.41, 5.74) is 4.60. The third kappa shape index (κ3) is 2.83. The van der Waals surface area contributed by atoms with Gasteiger partial charge in [0.25, 0.3) is 11.5 Å². The first-order chi connectivity index (χ1) is 13.0. The predicted molar refractivity (Wildman–Crippen MR) is 107 cm³/mol. The number of amides is 1. The van der Waals surface area contributed by atoms with Gasteiger partial charge in [-0.05, 0) is 63.4 Å². The lowest BCUT2D eigenvalue weighted by molar-refractivity contribution is 0.0975. The van der Waals surface area contributed by atoms with Gasteiger partial charge in [0.2, 0.25) is 0 Å². The molecule has 1 atom stereocenters. The number of hydrogen-bond acceptors (Lipinski definition) is 3. The number of benzene rings is 2. The summed E-state index contributed by atoms with van der Waals surface area (Å²) in [7, 11) is 0. The normalized spacial score (nSPS) is 16.4. The maximum Gasteiger partial charge on any atom is 0.272 e. The Balaban J connectivity index is 1.82. The van der Waals surface area contributed by atoms with Crippen LogP contribution in [0.5, 0.6) is 0 Å². The zero-order valence-electron chi connectivity index (χ0n) is 15.9. The molecule has 3 aromatic rings. The number of nitrogens with zero attached hydrogens (tertiary/aromatic N) is 3. The summed E-state index contributed by atoms with van der Waals surface area (Å²) in [4.78, 5) is 32.0. The van der Waals surface area contributed by atoms with Crippen molar-refractivity contribution in [2.24, 2.45) is 0 Å². The van der Waals surface area contributed by atoms with Gasteiger partial charge in [-0.15, -0.1) is 0 Å². The molecule has 0 bridgehead atoms. The molecule has 1 aliphatic rings. The summed E-state index contributed by atoms with van der Waals surface area (Å²) in [6.07, 6.45) is 1.94. The van der Waals surface area contributed by atoms with E-state index in [2.05, 4.69) is 18.0 Å². The molecule has 0 radical (unpaired) electrons. The molecule has 2 heterocycles. The second-order valence-corrected chi connectivity index (χ2v) is 7.14. The van der Waals surface area contributed by atoms with Gasteiger partial charge in [0.15, 0.2) is 0 Å². The van der Waals surface area contributed by atoms with Crippen molar-refractivity contribution in [3.05, 3.63) is 69.6 Å². The fraction of sp³-hybridized carbons (Fsp3) is 0.318. The maximum absolute atomic E-state index is 13.4. The third-order valence-electron chi connectivity index (χ3n) is 5.41. The molecule has 1 aromatic heterocycles. The molecule has 1 amide bonds. The number of carbonyl (C=O) groups excluding carboxylic acids is 1. The van der Waals surface area contributed by atoms with E-state index in [9.17, 15) is 9.59 Å². The van der Waals surface area contributed by atoms with E-state index in [-0.39, 0.29) is 17.5 Å². The van der Waals surface area contributed by atoms with Gasteiger partial charge in [-0.2, -0.15) is 0 Å². The number of rotatable bonds is 2. The molecule has 0 saturated heterocycles. The topological polar surface area (TPSA) is 55.2 Å². The zero-order valence-corrected chi connectivity index (χ0v) is 15.9. The molecule has 4 rings (SSSR count). The molecule has 0 aliphatic carbocycles. The summed E-state index contributed by atoms with van der Waals surface area (Å²) in [5.74, 6) is -0.0229. The van der Waals surface area contributed by atoms with Crippen LogP contribution in [0.3, 0.4) is 0 Å². The lowest BCUT2D eigenvalue weighted by Gasteiger charge is -2.35. The van der Waals surface area contributed by atoms with Crippen molar-refractivity contribution in [2.75, 3.05) is 4.90 Å². The Kier molecular flexibility index (Phi) is 4.30. The highest BCUT2D eigenvalue weighted by molar-refractivity contribution is 6.08. The minimum Gasteiger partial charge on any atom is -0.305 e. The Bertz CT molecular complexity index is 1100. The molecular formula is C22H23N3O2. The van der Waals surface area contributed by atoms with Crippen molar-refractivity contribution in [1.82, 2.24) is 9.55 Å². The number of aromatic nitrogens is 2. The van der Waals surface area contributed by atoms with Crippen LogP contribution in [0.2, 0.25) is 0 Å². The largest absolute Gasteiger partial charge is 0.305 e. The van der Waals surface area contributed by atoms with E-state index in [1.54, 1.807) is 23.6 Å². The number of aryl methyl sites for hydroxylation is 3. The lowest BCUT2D eigenvalue weighted by Crippen LogP contribution is -2.42. The number of fused-ring (bicyclic) bond motifs is 2. The smallest absolute Gasteiger partial charge is 0.272 e. The lowest BCUT2D eigenvalue weighted by atomic mass is 9.95. The van der Waals surface area contributed by atoms with E-state index < -0.39 is 0 Å². The highest BCUT2D eigenvalue weighted by Crippen LogP contribution is 2.32. The minimum atomic E-state index is -0.0809. The average molecular weight is 361 g/mol. The fourth-order valence-electron chi connectivity index (χ4n) is 3.96. The Labute approximate surface area is 158 Å². The number of para-hydroxylation sites is 1. The number of anilines is 1. The van der Waals surface area contributed by atoms with E-state index in [4.69, 9.17) is 0 Å². The van der Waals surface area contributed by atoms with Crippen molar-refractivity contribution >= 4 is 22.6 Å². The number of carbonyl (C=O) groups is 1. The van der Waals surface area contributed by atoms with Crippen LogP contribution >= 0.6 is 0 Å². The first kappa shape index (κ1) is 17.5. The molecular weight excluding hydrogens is 338 g/mol. The van der Waals surface area contributed by atoms with Crippen LogP contribution in [0.25, 0.3) is 11.0 Å². The van der Waals surface area contributed by atoms with Gasteiger partial charge in [0.05, 0.1) is 11.0 Å². The quantitative estimate of drug-likeness (QED) is 0.699. The third-order valence-corrected chi connectivity index (χ3v) is 5.41.